The molecule has 7 nitrogen and oxygen atoms in total. The number of rotatable bonds is 8. The standard InChI is InChI=1S/C25H32N6O/c1-26-25(28-18-23-8-2-3-9-24(23)20-31-11-5-10-29-31)27-17-21-6-4-7-22(16-21)19-30-12-14-32-15-13-30/h2-11,16H,12-15,17-20H2,1H3,(H2,26,27,28). The van der Waals surface area contributed by atoms with Crippen molar-refractivity contribution in [2.45, 2.75) is 26.2 Å². The lowest BCUT2D eigenvalue weighted by Gasteiger charge is -2.26. The molecule has 1 aromatic heterocycles. The largest absolute Gasteiger partial charge is 0.379 e. The fraction of sp³-hybridized carbons (Fsp3) is 0.360. The molecule has 0 unspecified atom stereocenters. The Morgan fingerprint density at radius 2 is 1.72 bits per heavy atom. The summed E-state index contributed by atoms with van der Waals surface area (Å²) in [5.74, 6) is 0.789. The van der Waals surface area contributed by atoms with E-state index in [4.69, 9.17) is 4.74 Å². The lowest BCUT2D eigenvalue weighted by molar-refractivity contribution is 0.0342. The molecule has 0 amide bonds. The third-order valence-electron chi connectivity index (χ3n) is 5.64. The van der Waals surface area contributed by atoms with E-state index in [1.165, 1.54) is 22.3 Å². The van der Waals surface area contributed by atoms with E-state index in [-0.39, 0.29) is 0 Å². The molecule has 4 rings (SSSR count). The fourth-order valence-electron chi connectivity index (χ4n) is 3.89. The number of hydrogen-bond acceptors (Lipinski definition) is 4. The van der Waals surface area contributed by atoms with Gasteiger partial charge in [-0.1, -0.05) is 48.5 Å². The zero-order valence-corrected chi connectivity index (χ0v) is 18.7. The SMILES string of the molecule is CN=C(NCc1cccc(CN2CCOCC2)c1)NCc1ccccc1Cn1cccn1. The van der Waals surface area contributed by atoms with Crippen molar-refractivity contribution < 1.29 is 4.74 Å². The van der Waals surface area contributed by atoms with E-state index >= 15 is 0 Å². The molecule has 0 atom stereocenters. The van der Waals surface area contributed by atoms with Gasteiger partial charge in [-0.2, -0.15) is 5.10 Å². The maximum absolute atomic E-state index is 5.45. The molecule has 2 heterocycles. The lowest BCUT2D eigenvalue weighted by Crippen LogP contribution is -2.36. The molecule has 0 aliphatic carbocycles. The molecule has 32 heavy (non-hydrogen) atoms. The predicted octanol–water partition coefficient (Wildman–Crippen LogP) is 2.63. The van der Waals surface area contributed by atoms with Gasteiger partial charge in [0.15, 0.2) is 5.96 Å². The quantitative estimate of drug-likeness (QED) is 0.423. The highest BCUT2D eigenvalue weighted by Gasteiger charge is 2.11. The molecule has 168 valence electrons. The number of ether oxygens (including phenoxy) is 1. The minimum absolute atomic E-state index is 0.703. The molecule has 2 N–H and O–H groups in total. The van der Waals surface area contributed by atoms with Crippen LogP contribution in [0.3, 0.4) is 0 Å². The molecule has 1 aliphatic heterocycles. The van der Waals surface area contributed by atoms with Gasteiger partial charge in [-0.3, -0.25) is 14.6 Å². The zero-order valence-electron chi connectivity index (χ0n) is 18.7. The van der Waals surface area contributed by atoms with E-state index in [2.05, 4.69) is 74.2 Å². The summed E-state index contributed by atoms with van der Waals surface area (Å²) in [5.41, 5.74) is 5.06. The smallest absolute Gasteiger partial charge is 0.191 e. The van der Waals surface area contributed by atoms with Crippen molar-refractivity contribution in [2.75, 3.05) is 33.4 Å². The summed E-state index contributed by atoms with van der Waals surface area (Å²) in [5, 5.41) is 11.2. The van der Waals surface area contributed by atoms with Gasteiger partial charge < -0.3 is 15.4 Å². The van der Waals surface area contributed by atoms with Gasteiger partial charge in [0.25, 0.3) is 0 Å². The Kier molecular flexibility index (Phi) is 7.89. The van der Waals surface area contributed by atoms with Gasteiger partial charge >= 0.3 is 0 Å². The molecule has 3 aromatic rings. The third kappa shape index (κ3) is 6.42. The Morgan fingerprint density at radius 3 is 2.50 bits per heavy atom. The Bertz CT molecular complexity index is 995. The van der Waals surface area contributed by atoms with Gasteiger partial charge in [0.2, 0.25) is 0 Å². The molecule has 1 aliphatic rings. The molecule has 1 saturated heterocycles. The molecule has 0 spiro atoms. The molecular formula is C25H32N6O. The summed E-state index contributed by atoms with van der Waals surface area (Å²) >= 11 is 0. The average molecular weight is 433 g/mol. The van der Waals surface area contributed by atoms with Gasteiger partial charge in [-0.05, 0) is 28.3 Å². The predicted molar refractivity (Wildman–Crippen MR) is 127 cm³/mol. The van der Waals surface area contributed by atoms with Crippen molar-refractivity contribution in [1.82, 2.24) is 25.3 Å². The van der Waals surface area contributed by atoms with Crippen LogP contribution in [0, 0.1) is 0 Å². The first kappa shape index (κ1) is 22.0. The molecule has 0 saturated carbocycles. The van der Waals surface area contributed by atoms with E-state index < -0.39 is 0 Å². The molecule has 0 bridgehead atoms. The highest BCUT2D eigenvalue weighted by Crippen LogP contribution is 2.11. The number of morpholine rings is 1. The van der Waals surface area contributed by atoms with Crippen LogP contribution in [-0.2, 0) is 30.9 Å². The summed E-state index contributed by atoms with van der Waals surface area (Å²) in [6.45, 7) is 6.81. The van der Waals surface area contributed by atoms with Crippen LogP contribution in [0.15, 0.2) is 72.0 Å². The highest BCUT2D eigenvalue weighted by molar-refractivity contribution is 5.79. The van der Waals surface area contributed by atoms with Crippen LogP contribution in [0.25, 0.3) is 0 Å². The first-order chi connectivity index (χ1) is 15.8. The van der Waals surface area contributed by atoms with E-state index in [9.17, 15) is 0 Å². The maximum Gasteiger partial charge on any atom is 0.191 e. The first-order valence-corrected chi connectivity index (χ1v) is 11.2. The van der Waals surface area contributed by atoms with Crippen molar-refractivity contribution >= 4 is 5.96 Å². The molecule has 0 radical (unpaired) electrons. The van der Waals surface area contributed by atoms with Crippen molar-refractivity contribution in [3.8, 4) is 0 Å². The van der Waals surface area contributed by atoms with Crippen molar-refractivity contribution in [2.24, 2.45) is 4.99 Å². The number of hydrogen-bond donors (Lipinski definition) is 2. The Labute approximate surface area is 190 Å². The second-order valence-electron chi connectivity index (χ2n) is 7.96. The average Bonchev–Trinajstić information content (AvgIpc) is 3.34. The molecule has 2 aromatic carbocycles. The molecule has 7 heteroatoms. The van der Waals surface area contributed by atoms with E-state index in [1.54, 1.807) is 7.05 Å². The number of benzene rings is 2. The monoisotopic (exact) mass is 432 g/mol. The Morgan fingerprint density at radius 1 is 0.938 bits per heavy atom. The van der Waals surface area contributed by atoms with Gasteiger partial charge in [-0.25, -0.2) is 0 Å². The summed E-state index contributed by atoms with van der Waals surface area (Å²) in [4.78, 5) is 6.84. The zero-order chi connectivity index (χ0) is 22.0. The van der Waals surface area contributed by atoms with Gasteiger partial charge in [0.1, 0.15) is 0 Å². The number of aromatic nitrogens is 2. The van der Waals surface area contributed by atoms with Crippen molar-refractivity contribution in [3.63, 3.8) is 0 Å². The summed E-state index contributed by atoms with van der Waals surface area (Å²) in [6.07, 6.45) is 3.79. The normalized spacial score (nSPS) is 15.0. The maximum atomic E-state index is 5.45. The van der Waals surface area contributed by atoms with Crippen molar-refractivity contribution in [3.05, 3.63) is 89.2 Å². The highest BCUT2D eigenvalue weighted by atomic mass is 16.5. The van der Waals surface area contributed by atoms with Gasteiger partial charge in [0.05, 0.1) is 19.8 Å². The van der Waals surface area contributed by atoms with Gasteiger partial charge in [0, 0.05) is 52.2 Å². The van der Waals surface area contributed by atoms with Crippen LogP contribution in [0.4, 0.5) is 0 Å². The summed E-state index contributed by atoms with van der Waals surface area (Å²) in [6, 6.07) is 19.1. The van der Waals surface area contributed by atoms with Crippen LogP contribution in [-0.4, -0.2) is 54.0 Å². The topological polar surface area (TPSA) is 66.7 Å². The van der Waals surface area contributed by atoms with Gasteiger partial charge in [-0.15, -0.1) is 0 Å². The number of aliphatic imine (C=N–C) groups is 1. The van der Waals surface area contributed by atoms with Crippen LogP contribution >= 0.6 is 0 Å². The lowest BCUT2D eigenvalue weighted by atomic mass is 10.1. The number of nitrogens with zero attached hydrogens (tertiary/aromatic N) is 4. The number of nitrogens with one attached hydrogen (secondary N) is 2. The Hall–Kier alpha value is -3.16. The Balaban J connectivity index is 1.30. The summed E-state index contributed by atoms with van der Waals surface area (Å²) < 4.78 is 7.39. The van der Waals surface area contributed by atoms with Crippen LogP contribution in [0.5, 0.6) is 0 Å². The summed E-state index contributed by atoms with van der Waals surface area (Å²) in [7, 11) is 1.81. The minimum atomic E-state index is 0.703. The first-order valence-electron chi connectivity index (χ1n) is 11.2. The van der Waals surface area contributed by atoms with Crippen LogP contribution in [0.1, 0.15) is 22.3 Å². The van der Waals surface area contributed by atoms with E-state index in [1.807, 2.05) is 23.1 Å². The van der Waals surface area contributed by atoms with Crippen molar-refractivity contribution in [1.29, 1.82) is 0 Å². The molecular weight excluding hydrogens is 400 g/mol. The second kappa shape index (κ2) is 11.5. The second-order valence-corrected chi connectivity index (χ2v) is 7.96. The van der Waals surface area contributed by atoms with Crippen LogP contribution in [0.2, 0.25) is 0 Å². The number of guanidine groups is 1. The fourth-order valence-corrected chi connectivity index (χ4v) is 3.89. The third-order valence-corrected chi connectivity index (χ3v) is 5.64. The van der Waals surface area contributed by atoms with E-state index in [0.717, 1.165) is 51.9 Å². The molecule has 1 fully saturated rings. The van der Waals surface area contributed by atoms with E-state index in [0.29, 0.717) is 6.54 Å². The van der Waals surface area contributed by atoms with Crippen LogP contribution < -0.4 is 10.6 Å². The minimum Gasteiger partial charge on any atom is -0.379 e.